The highest BCUT2D eigenvalue weighted by Crippen LogP contribution is 2.30. The highest BCUT2D eigenvalue weighted by atomic mass is 32.2. The maximum absolute atomic E-state index is 12.9. The van der Waals surface area contributed by atoms with E-state index in [1.807, 2.05) is 18.2 Å². The van der Waals surface area contributed by atoms with Crippen LogP contribution in [0.4, 0.5) is 0 Å². The van der Waals surface area contributed by atoms with Gasteiger partial charge in [0.05, 0.1) is 18.4 Å². The van der Waals surface area contributed by atoms with Crippen molar-refractivity contribution in [2.24, 2.45) is 0 Å². The van der Waals surface area contributed by atoms with E-state index in [2.05, 4.69) is 17.1 Å². The Morgan fingerprint density at radius 1 is 1.13 bits per heavy atom. The minimum Gasteiger partial charge on any atom is -0.493 e. The van der Waals surface area contributed by atoms with Crippen LogP contribution in [-0.2, 0) is 6.42 Å². The summed E-state index contributed by atoms with van der Waals surface area (Å²) < 4.78 is 12.6. The van der Waals surface area contributed by atoms with Crippen LogP contribution in [0.1, 0.15) is 19.4 Å². The maximum atomic E-state index is 12.9. The highest BCUT2D eigenvalue weighted by molar-refractivity contribution is 7.99. The zero-order chi connectivity index (χ0) is 21.6. The first-order valence-electron chi connectivity index (χ1n) is 9.65. The fourth-order valence-electron chi connectivity index (χ4n) is 2.79. The lowest BCUT2D eigenvalue weighted by atomic mass is 10.2. The molecule has 6 nitrogen and oxygen atoms in total. The van der Waals surface area contributed by atoms with Crippen LogP contribution in [0.3, 0.4) is 0 Å². The zero-order valence-corrected chi connectivity index (χ0v) is 18.2. The second-order valence-electron chi connectivity index (χ2n) is 7.43. The SMILES string of the molecule is COc1cc(-n2ccnc(SCCc3ccccc3)c2=O)ccc1OCC(C)(C)O. The molecule has 0 bridgehead atoms. The van der Waals surface area contributed by atoms with E-state index in [0.29, 0.717) is 22.2 Å². The molecule has 30 heavy (non-hydrogen) atoms. The fourth-order valence-corrected chi connectivity index (χ4v) is 3.67. The van der Waals surface area contributed by atoms with E-state index in [-0.39, 0.29) is 12.2 Å². The summed E-state index contributed by atoms with van der Waals surface area (Å²) in [6.45, 7) is 3.46. The molecule has 0 aliphatic carbocycles. The predicted octanol–water partition coefficient (Wildman–Crippen LogP) is 3.73. The lowest BCUT2D eigenvalue weighted by Crippen LogP contribution is -2.28. The molecule has 3 rings (SSSR count). The minimum absolute atomic E-state index is 0.125. The second kappa shape index (κ2) is 9.82. The number of rotatable bonds is 9. The van der Waals surface area contributed by atoms with Crippen molar-refractivity contribution >= 4 is 11.8 Å². The average molecular weight is 427 g/mol. The Morgan fingerprint density at radius 3 is 2.60 bits per heavy atom. The lowest BCUT2D eigenvalue weighted by Gasteiger charge is -2.19. The van der Waals surface area contributed by atoms with E-state index < -0.39 is 5.60 Å². The standard InChI is InChI=1S/C23H26N2O4S/c1-23(2,27)16-29-19-10-9-18(15-20(19)28-3)25-13-12-24-21(22(25)26)30-14-11-17-7-5-4-6-8-17/h4-10,12-13,15,27H,11,14,16H2,1-3H3. The Bertz CT molecular complexity index is 1030. The number of hydrogen-bond acceptors (Lipinski definition) is 6. The first-order valence-corrected chi connectivity index (χ1v) is 10.6. The average Bonchev–Trinajstić information content (AvgIpc) is 2.73. The summed E-state index contributed by atoms with van der Waals surface area (Å²) in [7, 11) is 1.54. The summed E-state index contributed by atoms with van der Waals surface area (Å²) in [5, 5.41) is 10.3. The van der Waals surface area contributed by atoms with Crippen LogP contribution in [0, 0.1) is 0 Å². The summed E-state index contributed by atoms with van der Waals surface area (Å²) in [5.74, 6) is 1.75. The van der Waals surface area contributed by atoms with Crippen LogP contribution in [0.5, 0.6) is 11.5 Å². The number of methoxy groups -OCH3 is 1. The van der Waals surface area contributed by atoms with Crippen molar-refractivity contribution < 1.29 is 14.6 Å². The molecule has 0 atom stereocenters. The number of ether oxygens (including phenoxy) is 2. The van der Waals surface area contributed by atoms with Crippen LogP contribution in [0.2, 0.25) is 0 Å². The predicted molar refractivity (Wildman–Crippen MR) is 119 cm³/mol. The van der Waals surface area contributed by atoms with Gasteiger partial charge < -0.3 is 14.6 Å². The van der Waals surface area contributed by atoms with Gasteiger partial charge in [0.1, 0.15) is 6.61 Å². The molecule has 0 aliphatic rings. The van der Waals surface area contributed by atoms with Crippen LogP contribution in [-0.4, -0.2) is 39.7 Å². The van der Waals surface area contributed by atoms with Crippen LogP contribution < -0.4 is 15.0 Å². The van der Waals surface area contributed by atoms with Crippen LogP contribution in [0.25, 0.3) is 5.69 Å². The van der Waals surface area contributed by atoms with Crippen LogP contribution in [0.15, 0.2) is 70.7 Å². The summed E-state index contributed by atoms with van der Waals surface area (Å²) in [5.41, 5.74) is 0.743. The number of thioether (sulfide) groups is 1. The molecule has 1 N–H and O–H groups in total. The van der Waals surface area contributed by atoms with Crippen LogP contribution >= 0.6 is 11.8 Å². The van der Waals surface area contributed by atoms with Gasteiger partial charge in [0.25, 0.3) is 5.56 Å². The van der Waals surface area contributed by atoms with Gasteiger partial charge in [-0.15, -0.1) is 11.8 Å². The molecular formula is C23H26N2O4S. The number of nitrogens with zero attached hydrogens (tertiary/aromatic N) is 2. The van der Waals surface area contributed by atoms with E-state index in [4.69, 9.17) is 9.47 Å². The molecule has 0 amide bonds. The zero-order valence-electron chi connectivity index (χ0n) is 17.4. The van der Waals surface area contributed by atoms with Crippen molar-refractivity contribution in [3.05, 3.63) is 76.8 Å². The van der Waals surface area contributed by atoms with E-state index in [9.17, 15) is 9.90 Å². The minimum atomic E-state index is -0.961. The fraction of sp³-hybridized carbons (Fsp3) is 0.304. The van der Waals surface area contributed by atoms with E-state index in [1.165, 1.54) is 24.4 Å². The highest BCUT2D eigenvalue weighted by Gasteiger charge is 2.16. The number of aryl methyl sites for hydroxylation is 1. The molecule has 0 unspecified atom stereocenters. The quantitative estimate of drug-likeness (QED) is 0.526. The molecule has 0 fully saturated rings. The van der Waals surface area contributed by atoms with Crippen molar-refractivity contribution in [2.45, 2.75) is 30.9 Å². The van der Waals surface area contributed by atoms with Gasteiger partial charge in [0.2, 0.25) is 0 Å². The topological polar surface area (TPSA) is 73.6 Å². The Balaban J connectivity index is 1.77. The molecule has 0 spiro atoms. The molecule has 0 saturated heterocycles. The summed E-state index contributed by atoms with van der Waals surface area (Å²) in [6, 6.07) is 15.4. The van der Waals surface area contributed by atoms with Gasteiger partial charge >= 0.3 is 0 Å². The van der Waals surface area contributed by atoms with Gasteiger partial charge in [-0.05, 0) is 38.0 Å². The molecule has 0 radical (unpaired) electrons. The lowest BCUT2D eigenvalue weighted by molar-refractivity contribution is 0.0276. The molecular weight excluding hydrogens is 400 g/mol. The molecule has 3 aromatic rings. The number of hydrogen-bond donors (Lipinski definition) is 1. The van der Waals surface area contributed by atoms with Crippen molar-refractivity contribution in [2.75, 3.05) is 19.5 Å². The molecule has 2 aromatic carbocycles. The largest absolute Gasteiger partial charge is 0.493 e. The Hall–Kier alpha value is -2.77. The maximum Gasteiger partial charge on any atom is 0.287 e. The Labute approximate surface area is 180 Å². The third-order valence-corrected chi connectivity index (χ3v) is 5.25. The summed E-state index contributed by atoms with van der Waals surface area (Å²) in [6.07, 6.45) is 4.12. The number of aliphatic hydroxyl groups is 1. The third kappa shape index (κ3) is 5.87. The number of benzene rings is 2. The van der Waals surface area contributed by atoms with Gasteiger partial charge in [-0.25, -0.2) is 4.98 Å². The third-order valence-electron chi connectivity index (χ3n) is 4.29. The molecule has 0 saturated carbocycles. The molecule has 0 aliphatic heterocycles. The monoisotopic (exact) mass is 426 g/mol. The first kappa shape index (κ1) is 21.9. The molecule has 1 aromatic heterocycles. The normalized spacial score (nSPS) is 11.3. The van der Waals surface area contributed by atoms with Gasteiger partial charge in [0.15, 0.2) is 16.5 Å². The Kier molecular flexibility index (Phi) is 7.18. The van der Waals surface area contributed by atoms with Crippen molar-refractivity contribution in [3.63, 3.8) is 0 Å². The molecule has 158 valence electrons. The van der Waals surface area contributed by atoms with Crippen molar-refractivity contribution in [3.8, 4) is 17.2 Å². The van der Waals surface area contributed by atoms with E-state index >= 15 is 0 Å². The molecule has 1 heterocycles. The first-order chi connectivity index (χ1) is 14.4. The number of aromatic nitrogens is 2. The smallest absolute Gasteiger partial charge is 0.287 e. The van der Waals surface area contributed by atoms with Gasteiger partial charge in [-0.2, -0.15) is 0 Å². The van der Waals surface area contributed by atoms with Gasteiger partial charge in [-0.1, -0.05) is 30.3 Å². The van der Waals surface area contributed by atoms with E-state index in [1.54, 1.807) is 49.0 Å². The summed E-state index contributed by atoms with van der Waals surface area (Å²) in [4.78, 5) is 17.2. The second-order valence-corrected chi connectivity index (χ2v) is 8.51. The van der Waals surface area contributed by atoms with Crippen molar-refractivity contribution in [1.29, 1.82) is 0 Å². The summed E-state index contributed by atoms with van der Waals surface area (Å²) >= 11 is 1.45. The van der Waals surface area contributed by atoms with Gasteiger partial charge in [0, 0.05) is 24.2 Å². The van der Waals surface area contributed by atoms with E-state index in [0.717, 1.165) is 12.2 Å². The van der Waals surface area contributed by atoms with Crippen molar-refractivity contribution in [1.82, 2.24) is 9.55 Å². The molecule has 7 heteroatoms. The Morgan fingerprint density at radius 2 is 1.90 bits per heavy atom. The van der Waals surface area contributed by atoms with Gasteiger partial charge in [-0.3, -0.25) is 9.36 Å².